The summed E-state index contributed by atoms with van der Waals surface area (Å²) in [5, 5.41) is 5.45. The highest BCUT2D eigenvalue weighted by Crippen LogP contribution is 2.15. The Labute approximate surface area is 153 Å². The minimum absolute atomic E-state index is 0.0141. The molecule has 0 unspecified atom stereocenters. The number of hydrogen-bond acceptors (Lipinski definition) is 6. The molecule has 0 saturated carbocycles. The maximum atomic E-state index is 12.2. The van der Waals surface area contributed by atoms with Crippen molar-refractivity contribution in [2.45, 2.75) is 45.3 Å². The largest absolute Gasteiger partial charge is 0.472 e. The third kappa shape index (κ3) is 7.26. The van der Waals surface area contributed by atoms with Crippen LogP contribution in [0.2, 0.25) is 0 Å². The SMILES string of the molecule is CC(C)(C)OC(=O)NCCCNC(=O)c1ccnc(O[C@H]2CCOC2)c1. The van der Waals surface area contributed by atoms with Crippen LogP contribution < -0.4 is 15.4 Å². The predicted octanol–water partition coefficient (Wildman–Crippen LogP) is 1.89. The molecule has 0 radical (unpaired) electrons. The van der Waals surface area contributed by atoms with Crippen LogP contribution in [0.3, 0.4) is 0 Å². The van der Waals surface area contributed by atoms with E-state index in [1.54, 1.807) is 39.1 Å². The van der Waals surface area contributed by atoms with Crippen molar-refractivity contribution in [3.05, 3.63) is 23.9 Å². The van der Waals surface area contributed by atoms with Gasteiger partial charge < -0.3 is 24.8 Å². The van der Waals surface area contributed by atoms with E-state index >= 15 is 0 Å². The van der Waals surface area contributed by atoms with Gasteiger partial charge in [0.25, 0.3) is 5.91 Å². The van der Waals surface area contributed by atoms with Gasteiger partial charge in [0.1, 0.15) is 11.7 Å². The minimum atomic E-state index is -0.524. The van der Waals surface area contributed by atoms with E-state index in [0.717, 1.165) is 6.42 Å². The zero-order valence-corrected chi connectivity index (χ0v) is 15.5. The first-order valence-electron chi connectivity index (χ1n) is 8.79. The van der Waals surface area contributed by atoms with Gasteiger partial charge in [-0.25, -0.2) is 9.78 Å². The van der Waals surface area contributed by atoms with Crippen LogP contribution in [0.4, 0.5) is 4.79 Å². The first kappa shape index (κ1) is 20.0. The summed E-state index contributed by atoms with van der Waals surface area (Å²) in [6.45, 7) is 7.49. The molecular formula is C18H27N3O5. The van der Waals surface area contributed by atoms with Gasteiger partial charge >= 0.3 is 6.09 Å². The summed E-state index contributed by atoms with van der Waals surface area (Å²) in [4.78, 5) is 27.8. The summed E-state index contributed by atoms with van der Waals surface area (Å²) in [5.41, 5.74) is -0.0432. The lowest BCUT2D eigenvalue weighted by Gasteiger charge is -2.19. The van der Waals surface area contributed by atoms with Crippen molar-refractivity contribution in [2.75, 3.05) is 26.3 Å². The normalized spacial score (nSPS) is 16.8. The van der Waals surface area contributed by atoms with Gasteiger partial charge in [-0.05, 0) is 33.3 Å². The number of hydrogen-bond donors (Lipinski definition) is 2. The van der Waals surface area contributed by atoms with E-state index in [2.05, 4.69) is 15.6 Å². The van der Waals surface area contributed by atoms with Gasteiger partial charge in [0.15, 0.2) is 0 Å². The fourth-order valence-corrected chi connectivity index (χ4v) is 2.29. The van der Waals surface area contributed by atoms with Crippen LogP contribution in [-0.2, 0) is 9.47 Å². The number of alkyl carbamates (subject to hydrolysis) is 1. The number of amides is 2. The molecule has 2 heterocycles. The molecule has 0 aromatic carbocycles. The number of carbonyl (C=O) groups excluding carboxylic acids is 2. The molecule has 1 aromatic heterocycles. The summed E-state index contributed by atoms with van der Waals surface area (Å²) in [6, 6.07) is 3.25. The molecule has 0 bridgehead atoms. The molecule has 144 valence electrons. The van der Waals surface area contributed by atoms with Crippen molar-refractivity contribution >= 4 is 12.0 Å². The van der Waals surface area contributed by atoms with E-state index in [0.29, 0.717) is 44.2 Å². The van der Waals surface area contributed by atoms with E-state index in [4.69, 9.17) is 14.2 Å². The molecule has 1 aromatic rings. The monoisotopic (exact) mass is 365 g/mol. The Hall–Kier alpha value is -2.35. The van der Waals surface area contributed by atoms with E-state index in [-0.39, 0.29) is 12.0 Å². The van der Waals surface area contributed by atoms with Crippen LogP contribution >= 0.6 is 0 Å². The highest BCUT2D eigenvalue weighted by molar-refractivity contribution is 5.94. The highest BCUT2D eigenvalue weighted by atomic mass is 16.6. The molecule has 8 nitrogen and oxygen atoms in total. The predicted molar refractivity (Wildman–Crippen MR) is 95.3 cm³/mol. The molecular weight excluding hydrogens is 338 g/mol. The Morgan fingerprint density at radius 2 is 2.08 bits per heavy atom. The fraction of sp³-hybridized carbons (Fsp3) is 0.611. The Bertz CT molecular complexity index is 609. The molecule has 1 atom stereocenters. The lowest BCUT2D eigenvalue weighted by molar-refractivity contribution is 0.0527. The summed E-state index contributed by atoms with van der Waals surface area (Å²) >= 11 is 0. The lowest BCUT2D eigenvalue weighted by Crippen LogP contribution is -2.34. The molecule has 2 N–H and O–H groups in total. The van der Waals surface area contributed by atoms with Gasteiger partial charge in [0.05, 0.1) is 13.2 Å². The molecule has 8 heteroatoms. The van der Waals surface area contributed by atoms with Crippen LogP contribution in [0, 0.1) is 0 Å². The molecule has 1 saturated heterocycles. The van der Waals surface area contributed by atoms with Gasteiger partial charge in [-0.1, -0.05) is 0 Å². The molecule has 1 aliphatic heterocycles. The van der Waals surface area contributed by atoms with Crippen molar-refractivity contribution in [2.24, 2.45) is 0 Å². The third-order valence-electron chi connectivity index (χ3n) is 3.48. The zero-order chi connectivity index (χ0) is 19.0. The zero-order valence-electron chi connectivity index (χ0n) is 15.5. The average Bonchev–Trinajstić information content (AvgIpc) is 3.06. The fourth-order valence-electron chi connectivity index (χ4n) is 2.29. The Balaban J connectivity index is 1.68. The van der Waals surface area contributed by atoms with Crippen molar-refractivity contribution in [3.8, 4) is 5.88 Å². The maximum absolute atomic E-state index is 12.2. The van der Waals surface area contributed by atoms with Crippen LogP contribution in [0.25, 0.3) is 0 Å². The van der Waals surface area contributed by atoms with Crippen LogP contribution in [0.15, 0.2) is 18.3 Å². The van der Waals surface area contributed by atoms with Gasteiger partial charge in [0, 0.05) is 37.3 Å². The molecule has 2 amide bonds. The summed E-state index contributed by atoms with van der Waals surface area (Å²) in [6.07, 6.45) is 2.49. The summed E-state index contributed by atoms with van der Waals surface area (Å²) in [5.74, 6) is 0.205. The maximum Gasteiger partial charge on any atom is 0.407 e. The van der Waals surface area contributed by atoms with Gasteiger partial charge in [-0.15, -0.1) is 0 Å². The number of rotatable bonds is 7. The Morgan fingerprint density at radius 3 is 2.77 bits per heavy atom. The van der Waals surface area contributed by atoms with Crippen LogP contribution in [0.5, 0.6) is 5.88 Å². The van der Waals surface area contributed by atoms with E-state index in [1.807, 2.05) is 0 Å². The van der Waals surface area contributed by atoms with E-state index in [9.17, 15) is 9.59 Å². The number of ether oxygens (including phenoxy) is 3. The standard InChI is InChI=1S/C18H27N3O5/c1-18(2,3)26-17(23)21-8-4-7-20-16(22)13-5-9-19-15(11-13)25-14-6-10-24-12-14/h5,9,11,14H,4,6-8,10,12H2,1-3H3,(H,20,22)(H,21,23)/t14-/m0/s1. The second kappa shape index (κ2) is 9.38. The molecule has 0 spiro atoms. The third-order valence-corrected chi connectivity index (χ3v) is 3.48. The topological polar surface area (TPSA) is 98.8 Å². The van der Waals surface area contributed by atoms with Gasteiger partial charge in [0.2, 0.25) is 5.88 Å². The van der Waals surface area contributed by atoms with Crippen LogP contribution in [0.1, 0.15) is 44.0 Å². The lowest BCUT2D eigenvalue weighted by atomic mass is 10.2. The van der Waals surface area contributed by atoms with Crippen molar-refractivity contribution < 1.29 is 23.8 Å². The molecule has 1 fully saturated rings. The first-order chi connectivity index (χ1) is 12.3. The summed E-state index contributed by atoms with van der Waals surface area (Å²) in [7, 11) is 0. The number of carbonyl (C=O) groups is 2. The Morgan fingerprint density at radius 1 is 1.31 bits per heavy atom. The average molecular weight is 365 g/mol. The van der Waals surface area contributed by atoms with Crippen molar-refractivity contribution in [1.29, 1.82) is 0 Å². The second-order valence-electron chi connectivity index (χ2n) is 7.02. The minimum Gasteiger partial charge on any atom is -0.472 e. The van der Waals surface area contributed by atoms with Crippen molar-refractivity contribution in [1.82, 2.24) is 15.6 Å². The number of aromatic nitrogens is 1. The van der Waals surface area contributed by atoms with E-state index < -0.39 is 11.7 Å². The Kier molecular flexibility index (Phi) is 7.20. The molecule has 26 heavy (non-hydrogen) atoms. The molecule has 2 rings (SSSR count). The van der Waals surface area contributed by atoms with Crippen molar-refractivity contribution in [3.63, 3.8) is 0 Å². The first-order valence-corrected chi connectivity index (χ1v) is 8.79. The molecule has 0 aliphatic carbocycles. The number of pyridine rings is 1. The van der Waals surface area contributed by atoms with Gasteiger partial charge in [-0.3, -0.25) is 4.79 Å². The highest BCUT2D eigenvalue weighted by Gasteiger charge is 2.18. The summed E-state index contributed by atoms with van der Waals surface area (Å²) < 4.78 is 16.1. The number of nitrogens with one attached hydrogen (secondary N) is 2. The van der Waals surface area contributed by atoms with Gasteiger partial charge in [-0.2, -0.15) is 0 Å². The number of nitrogens with zero attached hydrogens (tertiary/aromatic N) is 1. The smallest absolute Gasteiger partial charge is 0.407 e. The molecule has 1 aliphatic rings. The quantitative estimate of drug-likeness (QED) is 0.716. The van der Waals surface area contributed by atoms with E-state index in [1.165, 1.54) is 0 Å². The van der Waals surface area contributed by atoms with Crippen LogP contribution in [-0.4, -0.2) is 55.0 Å². The second-order valence-corrected chi connectivity index (χ2v) is 7.02.